The molecule has 5 nitrogen and oxygen atoms in total. The number of unbranched alkanes of at least 4 members (excludes halogenated alkanes) is 4. The Labute approximate surface area is 195 Å². The average molecular weight is 458 g/mol. The molecule has 32 heavy (non-hydrogen) atoms. The molecule has 2 aromatic rings. The molecule has 0 radical (unpaired) electrons. The number of aliphatic carboxylic acids is 1. The van der Waals surface area contributed by atoms with Gasteiger partial charge in [0.15, 0.2) is 5.78 Å². The second-order valence-electron chi connectivity index (χ2n) is 8.84. The lowest BCUT2D eigenvalue weighted by atomic mass is 9.94. The van der Waals surface area contributed by atoms with E-state index in [1.54, 1.807) is 0 Å². The third-order valence-electron chi connectivity index (χ3n) is 6.03. The summed E-state index contributed by atoms with van der Waals surface area (Å²) in [6, 6.07) is 5.64. The van der Waals surface area contributed by atoms with Crippen molar-refractivity contribution in [3.05, 3.63) is 34.5 Å². The Bertz CT molecular complexity index is 1030. The van der Waals surface area contributed by atoms with Crippen molar-refractivity contribution in [3.63, 3.8) is 0 Å². The quantitative estimate of drug-likeness (QED) is 0.268. The molecular weight excluding hydrogens is 426 g/mol. The third-order valence-corrected chi connectivity index (χ3v) is 6.26. The van der Waals surface area contributed by atoms with Gasteiger partial charge in [0, 0.05) is 53.5 Å². The van der Waals surface area contributed by atoms with Gasteiger partial charge in [-0.2, -0.15) is 0 Å². The summed E-state index contributed by atoms with van der Waals surface area (Å²) in [5, 5.41) is 10.5. The molecule has 0 spiro atoms. The summed E-state index contributed by atoms with van der Waals surface area (Å²) in [6.07, 6.45) is 6.22. The van der Waals surface area contributed by atoms with Crippen molar-refractivity contribution in [1.82, 2.24) is 4.57 Å². The number of fused-ring (bicyclic) bond motifs is 1. The van der Waals surface area contributed by atoms with E-state index in [9.17, 15) is 9.59 Å². The van der Waals surface area contributed by atoms with E-state index in [-0.39, 0.29) is 24.5 Å². The van der Waals surface area contributed by atoms with Crippen molar-refractivity contribution in [2.24, 2.45) is 18.9 Å². The predicted octanol–water partition coefficient (Wildman–Crippen LogP) is 5.66. The Morgan fingerprint density at radius 1 is 1.22 bits per heavy atom. The Morgan fingerprint density at radius 2 is 1.97 bits per heavy atom. The van der Waals surface area contributed by atoms with Crippen LogP contribution in [0.1, 0.15) is 67.9 Å². The number of carboxylic acids is 1. The Morgan fingerprint density at radius 3 is 2.66 bits per heavy atom. The SMILES string of the molecule is C[C@H](CC(=O)O)CC(=O)c1c(CCCCCCC#CC2COC2)n(C)c2ccc(Cl)cc12. The summed E-state index contributed by atoms with van der Waals surface area (Å²) in [5.41, 5.74) is 2.70. The summed E-state index contributed by atoms with van der Waals surface area (Å²) in [4.78, 5) is 24.2. The molecule has 0 saturated carbocycles. The first-order valence-electron chi connectivity index (χ1n) is 11.4. The van der Waals surface area contributed by atoms with Crippen LogP contribution in [-0.4, -0.2) is 34.6 Å². The molecule has 1 aromatic heterocycles. The van der Waals surface area contributed by atoms with Gasteiger partial charge < -0.3 is 14.4 Å². The minimum Gasteiger partial charge on any atom is -0.481 e. The summed E-state index contributed by atoms with van der Waals surface area (Å²) >= 11 is 6.23. The molecule has 1 atom stereocenters. The van der Waals surface area contributed by atoms with Crippen molar-refractivity contribution >= 4 is 34.3 Å². The molecule has 0 bridgehead atoms. The van der Waals surface area contributed by atoms with Gasteiger partial charge in [-0.05, 0) is 43.4 Å². The lowest BCUT2D eigenvalue weighted by Gasteiger charge is -2.19. The highest BCUT2D eigenvalue weighted by molar-refractivity contribution is 6.31. The fourth-order valence-electron chi connectivity index (χ4n) is 4.26. The van der Waals surface area contributed by atoms with Crippen LogP contribution in [0.25, 0.3) is 10.9 Å². The molecule has 3 rings (SSSR count). The van der Waals surface area contributed by atoms with E-state index in [0.717, 1.165) is 68.3 Å². The van der Waals surface area contributed by atoms with E-state index in [1.807, 2.05) is 32.2 Å². The molecular formula is C26H32ClNO4. The number of carboxylic acid groups (broad SMARTS) is 1. The van der Waals surface area contributed by atoms with Crippen molar-refractivity contribution in [3.8, 4) is 11.8 Å². The highest BCUT2D eigenvalue weighted by Crippen LogP contribution is 2.31. The van der Waals surface area contributed by atoms with Crippen LogP contribution in [0.2, 0.25) is 5.02 Å². The molecule has 0 aliphatic carbocycles. The lowest BCUT2D eigenvalue weighted by Crippen LogP contribution is -2.25. The van der Waals surface area contributed by atoms with Crippen molar-refractivity contribution in [1.29, 1.82) is 0 Å². The third kappa shape index (κ3) is 6.37. The van der Waals surface area contributed by atoms with Gasteiger partial charge in [-0.25, -0.2) is 0 Å². The maximum atomic E-state index is 13.2. The van der Waals surface area contributed by atoms with Crippen LogP contribution in [0, 0.1) is 23.7 Å². The van der Waals surface area contributed by atoms with Crippen LogP contribution in [0.3, 0.4) is 0 Å². The molecule has 0 unspecified atom stereocenters. The monoisotopic (exact) mass is 457 g/mol. The maximum absolute atomic E-state index is 13.2. The predicted molar refractivity (Wildman–Crippen MR) is 127 cm³/mol. The molecule has 1 fully saturated rings. The highest BCUT2D eigenvalue weighted by Gasteiger charge is 2.23. The van der Waals surface area contributed by atoms with Crippen molar-refractivity contribution in [2.45, 2.75) is 58.3 Å². The second-order valence-corrected chi connectivity index (χ2v) is 9.28. The van der Waals surface area contributed by atoms with E-state index in [1.165, 1.54) is 0 Å². The fourth-order valence-corrected chi connectivity index (χ4v) is 4.43. The van der Waals surface area contributed by atoms with Gasteiger partial charge in [-0.1, -0.05) is 37.3 Å². The summed E-state index contributed by atoms with van der Waals surface area (Å²) in [7, 11) is 1.99. The van der Waals surface area contributed by atoms with Crippen LogP contribution in [-0.2, 0) is 23.0 Å². The molecule has 6 heteroatoms. The van der Waals surface area contributed by atoms with E-state index in [4.69, 9.17) is 21.4 Å². The summed E-state index contributed by atoms with van der Waals surface area (Å²) in [6.45, 7) is 3.36. The fraction of sp³-hybridized carbons (Fsp3) is 0.538. The van der Waals surface area contributed by atoms with Gasteiger partial charge in [0.25, 0.3) is 0 Å². The normalized spacial score (nSPS) is 14.6. The molecule has 1 saturated heterocycles. The number of benzene rings is 1. The first-order valence-corrected chi connectivity index (χ1v) is 11.8. The summed E-state index contributed by atoms with van der Waals surface area (Å²) in [5.74, 6) is 5.84. The Hall–Kier alpha value is -2.29. The van der Waals surface area contributed by atoms with Gasteiger partial charge in [0.2, 0.25) is 0 Å². The number of carbonyl (C=O) groups is 2. The van der Waals surface area contributed by atoms with Gasteiger partial charge in [0.1, 0.15) is 0 Å². The zero-order valence-corrected chi connectivity index (χ0v) is 19.7. The van der Waals surface area contributed by atoms with Crippen molar-refractivity contribution in [2.75, 3.05) is 13.2 Å². The van der Waals surface area contributed by atoms with E-state index in [0.29, 0.717) is 16.5 Å². The van der Waals surface area contributed by atoms with Gasteiger partial charge >= 0.3 is 5.97 Å². The van der Waals surface area contributed by atoms with Crippen LogP contribution in [0.5, 0.6) is 0 Å². The molecule has 172 valence electrons. The minimum absolute atomic E-state index is 0.00290. The van der Waals surface area contributed by atoms with E-state index >= 15 is 0 Å². The Kier molecular flexibility index (Phi) is 8.78. The molecule has 1 aromatic carbocycles. The average Bonchev–Trinajstić information content (AvgIpc) is 2.95. The van der Waals surface area contributed by atoms with Crippen LogP contribution < -0.4 is 0 Å². The molecule has 2 heterocycles. The van der Waals surface area contributed by atoms with E-state index < -0.39 is 5.97 Å². The number of nitrogens with zero attached hydrogens (tertiary/aromatic N) is 1. The maximum Gasteiger partial charge on any atom is 0.303 e. The van der Waals surface area contributed by atoms with Crippen LogP contribution in [0.4, 0.5) is 0 Å². The van der Waals surface area contributed by atoms with Crippen LogP contribution in [0.15, 0.2) is 18.2 Å². The number of Topliss-reactive ketones (excluding diaryl/α,β-unsaturated/α-hetero) is 1. The number of aromatic nitrogens is 1. The standard InChI is InChI=1S/C26H32ClNO4/c1-18(14-25(30)31)13-24(29)26-21-15-20(27)11-12-22(21)28(2)23(26)10-8-6-4-3-5-7-9-19-16-32-17-19/h11-12,15,18-19H,3-6,8,10,13-14,16-17H2,1-2H3,(H,30,31)/t18-/m0/s1. The van der Waals surface area contributed by atoms with Gasteiger partial charge in [0.05, 0.1) is 19.1 Å². The van der Waals surface area contributed by atoms with Gasteiger partial charge in [-0.15, -0.1) is 5.92 Å². The largest absolute Gasteiger partial charge is 0.481 e. The zero-order chi connectivity index (χ0) is 23.1. The van der Waals surface area contributed by atoms with Gasteiger partial charge in [-0.3, -0.25) is 9.59 Å². The minimum atomic E-state index is -0.878. The Balaban J connectivity index is 1.64. The lowest BCUT2D eigenvalue weighted by molar-refractivity contribution is -0.137. The molecule has 1 aliphatic heterocycles. The number of carbonyl (C=O) groups excluding carboxylic acids is 1. The number of ketones is 1. The number of ether oxygens (including phenoxy) is 1. The zero-order valence-electron chi connectivity index (χ0n) is 19.0. The highest BCUT2D eigenvalue weighted by atomic mass is 35.5. The second kappa shape index (κ2) is 11.5. The number of aryl methyl sites for hydroxylation is 1. The van der Waals surface area contributed by atoms with Crippen LogP contribution >= 0.6 is 11.6 Å². The summed E-state index contributed by atoms with van der Waals surface area (Å²) < 4.78 is 7.22. The molecule has 1 N–H and O–H groups in total. The molecule has 1 aliphatic rings. The number of hydrogen-bond acceptors (Lipinski definition) is 3. The molecule has 0 amide bonds. The van der Waals surface area contributed by atoms with Crippen molar-refractivity contribution < 1.29 is 19.4 Å². The number of rotatable bonds is 11. The van der Waals surface area contributed by atoms with E-state index in [2.05, 4.69) is 16.4 Å². The topological polar surface area (TPSA) is 68.5 Å². The number of halogens is 1. The first-order chi connectivity index (χ1) is 15.4. The number of hydrogen-bond donors (Lipinski definition) is 1. The smallest absolute Gasteiger partial charge is 0.303 e. The first kappa shape index (κ1) is 24.4.